The molecule has 6 nitrogen and oxygen atoms in total. The molecule has 2 N–H and O–H groups in total. The molecule has 156 valence electrons. The second-order valence-corrected chi connectivity index (χ2v) is 7.41. The van der Waals surface area contributed by atoms with Crippen LogP contribution < -0.4 is 11.0 Å². The number of hydrogen-bond acceptors (Lipinski definition) is 5. The number of hydrogen-bond donors (Lipinski definition) is 2. The Morgan fingerprint density at radius 3 is 2.44 bits per heavy atom. The van der Waals surface area contributed by atoms with Crippen LogP contribution in [0.3, 0.4) is 0 Å². The van der Waals surface area contributed by atoms with Gasteiger partial charge in [0.2, 0.25) is 5.95 Å². The molecule has 32 heavy (non-hydrogen) atoms. The minimum absolute atomic E-state index is 0.0353. The zero-order chi connectivity index (χ0) is 22.5. The number of aryl methyl sites for hydroxylation is 2. The Bertz CT molecular complexity index is 1400. The van der Waals surface area contributed by atoms with E-state index in [1.807, 2.05) is 42.5 Å². The van der Waals surface area contributed by atoms with E-state index in [1.165, 1.54) is 11.1 Å². The number of anilines is 1. The van der Waals surface area contributed by atoms with Crippen molar-refractivity contribution in [1.82, 2.24) is 9.97 Å². The van der Waals surface area contributed by atoms with Crippen molar-refractivity contribution in [2.75, 3.05) is 5.43 Å². The molecule has 0 aliphatic carbocycles. The summed E-state index contributed by atoms with van der Waals surface area (Å²) in [5, 5.41) is 13.6. The summed E-state index contributed by atoms with van der Waals surface area (Å²) in [6.45, 7) is 4.20. The summed E-state index contributed by atoms with van der Waals surface area (Å²) in [7, 11) is 0. The van der Waals surface area contributed by atoms with E-state index in [1.54, 1.807) is 18.3 Å². The first kappa shape index (κ1) is 20.8. The fourth-order valence-corrected chi connectivity index (χ4v) is 3.32. The van der Waals surface area contributed by atoms with E-state index in [0.29, 0.717) is 11.3 Å². The molecule has 0 spiro atoms. The van der Waals surface area contributed by atoms with Gasteiger partial charge < -0.3 is 0 Å². The van der Waals surface area contributed by atoms with Crippen LogP contribution in [0.4, 0.5) is 5.95 Å². The van der Waals surface area contributed by atoms with Gasteiger partial charge in [-0.25, -0.2) is 10.4 Å². The Balaban J connectivity index is 1.58. The molecule has 0 amide bonds. The molecule has 0 saturated carbocycles. The second kappa shape index (κ2) is 9.11. The Labute approximate surface area is 185 Å². The summed E-state index contributed by atoms with van der Waals surface area (Å²) >= 11 is 0. The van der Waals surface area contributed by atoms with Crippen molar-refractivity contribution in [3.8, 4) is 28.5 Å². The maximum absolute atomic E-state index is 12.3. The second-order valence-electron chi connectivity index (χ2n) is 7.41. The molecule has 0 bridgehead atoms. The van der Waals surface area contributed by atoms with Crippen LogP contribution in [0.25, 0.3) is 22.4 Å². The lowest BCUT2D eigenvalue weighted by atomic mass is 9.99. The van der Waals surface area contributed by atoms with Crippen LogP contribution in [0, 0.1) is 25.2 Å². The monoisotopic (exact) mass is 419 g/mol. The standard InChI is InChI=1S/C26H21N5O/c1-17-11-12-22(13-18(17)2)21-10-6-7-19(14-21)16-28-31-26-29-24(20-8-4-3-5-9-20)23(15-27)25(32)30-26/h3-14,16H,1-2H3,(H2,29,30,31,32). The minimum Gasteiger partial charge on any atom is -0.290 e. The molecule has 0 radical (unpaired) electrons. The number of aromatic amines is 1. The Morgan fingerprint density at radius 1 is 0.938 bits per heavy atom. The lowest BCUT2D eigenvalue weighted by Gasteiger charge is -2.07. The molecule has 0 fully saturated rings. The molecule has 0 unspecified atom stereocenters. The molecule has 0 saturated heterocycles. The first-order valence-corrected chi connectivity index (χ1v) is 10.1. The highest BCUT2D eigenvalue weighted by molar-refractivity contribution is 5.83. The molecule has 1 aromatic heterocycles. The third kappa shape index (κ3) is 4.47. The van der Waals surface area contributed by atoms with E-state index in [-0.39, 0.29) is 11.5 Å². The summed E-state index contributed by atoms with van der Waals surface area (Å²) in [5.74, 6) is 0.161. The Kier molecular flexibility index (Phi) is 5.91. The molecular formula is C26H21N5O. The van der Waals surface area contributed by atoms with Crippen molar-refractivity contribution in [3.63, 3.8) is 0 Å². The van der Waals surface area contributed by atoms with Gasteiger partial charge in [-0.15, -0.1) is 0 Å². The van der Waals surface area contributed by atoms with Crippen LogP contribution >= 0.6 is 0 Å². The lowest BCUT2D eigenvalue weighted by molar-refractivity contribution is 1.08. The fraction of sp³-hybridized carbons (Fsp3) is 0.0769. The number of nitrogens with zero attached hydrogens (tertiary/aromatic N) is 3. The van der Waals surface area contributed by atoms with Gasteiger partial charge in [-0.2, -0.15) is 10.4 Å². The number of rotatable bonds is 5. The molecule has 6 heteroatoms. The predicted molar refractivity (Wildman–Crippen MR) is 128 cm³/mol. The average Bonchev–Trinajstić information content (AvgIpc) is 2.81. The van der Waals surface area contributed by atoms with E-state index in [4.69, 9.17) is 0 Å². The van der Waals surface area contributed by atoms with Crippen LogP contribution in [-0.2, 0) is 0 Å². The Morgan fingerprint density at radius 2 is 1.69 bits per heavy atom. The van der Waals surface area contributed by atoms with Crippen LogP contribution in [-0.4, -0.2) is 16.2 Å². The van der Waals surface area contributed by atoms with E-state index < -0.39 is 5.56 Å². The van der Waals surface area contributed by atoms with Crippen LogP contribution in [0.2, 0.25) is 0 Å². The summed E-state index contributed by atoms with van der Waals surface area (Å²) in [4.78, 5) is 19.3. The maximum Gasteiger partial charge on any atom is 0.270 e. The number of benzene rings is 3. The average molecular weight is 419 g/mol. The van der Waals surface area contributed by atoms with Gasteiger partial charge in [-0.1, -0.05) is 66.7 Å². The molecule has 1 heterocycles. The van der Waals surface area contributed by atoms with Crippen molar-refractivity contribution in [3.05, 3.63) is 105 Å². The van der Waals surface area contributed by atoms with Crippen LogP contribution in [0.1, 0.15) is 22.3 Å². The molecule has 0 atom stereocenters. The van der Waals surface area contributed by atoms with Crippen molar-refractivity contribution >= 4 is 12.2 Å². The maximum atomic E-state index is 12.3. The molecule has 4 aromatic rings. The number of nitriles is 1. The summed E-state index contributed by atoms with van der Waals surface area (Å²) in [6.07, 6.45) is 1.66. The van der Waals surface area contributed by atoms with Gasteiger partial charge in [-0.05, 0) is 47.7 Å². The summed E-state index contributed by atoms with van der Waals surface area (Å²) < 4.78 is 0. The highest BCUT2D eigenvalue weighted by Crippen LogP contribution is 2.23. The summed E-state index contributed by atoms with van der Waals surface area (Å²) in [5.41, 5.74) is 8.84. The smallest absolute Gasteiger partial charge is 0.270 e. The highest BCUT2D eigenvalue weighted by Gasteiger charge is 2.12. The SMILES string of the molecule is Cc1ccc(-c2cccc(C=NNc3nc(-c4ccccc4)c(C#N)c(=O)[nH]3)c2)cc1C. The zero-order valence-electron chi connectivity index (χ0n) is 17.8. The number of H-pyrrole nitrogens is 1. The normalized spacial score (nSPS) is 10.8. The van der Waals surface area contributed by atoms with Gasteiger partial charge in [0, 0.05) is 5.56 Å². The van der Waals surface area contributed by atoms with Crippen LogP contribution in [0.5, 0.6) is 0 Å². The van der Waals surface area contributed by atoms with E-state index in [9.17, 15) is 10.1 Å². The van der Waals surface area contributed by atoms with E-state index in [0.717, 1.165) is 16.7 Å². The van der Waals surface area contributed by atoms with Gasteiger partial charge in [-0.3, -0.25) is 9.78 Å². The highest BCUT2D eigenvalue weighted by atomic mass is 16.1. The quantitative estimate of drug-likeness (QED) is 0.350. The molecule has 3 aromatic carbocycles. The van der Waals surface area contributed by atoms with Crippen molar-refractivity contribution in [1.29, 1.82) is 5.26 Å². The van der Waals surface area contributed by atoms with Crippen molar-refractivity contribution in [2.24, 2.45) is 5.10 Å². The molecular weight excluding hydrogens is 398 g/mol. The number of aromatic nitrogens is 2. The molecule has 0 aliphatic rings. The van der Waals surface area contributed by atoms with Gasteiger partial charge in [0.05, 0.1) is 11.9 Å². The summed E-state index contributed by atoms with van der Waals surface area (Å²) in [6, 6.07) is 25.4. The van der Waals surface area contributed by atoms with Crippen LogP contribution in [0.15, 0.2) is 82.7 Å². The van der Waals surface area contributed by atoms with Gasteiger partial charge in [0.15, 0.2) is 0 Å². The van der Waals surface area contributed by atoms with E-state index in [2.05, 4.69) is 58.6 Å². The van der Waals surface area contributed by atoms with Gasteiger partial charge in [0.1, 0.15) is 11.6 Å². The first-order chi connectivity index (χ1) is 15.5. The molecule has 4 rings (SSSR count). The number of nitrogens with one attached hydrogen (secondary N) is 2. The topological polar surface area (TPSA) is 93.9 Å². The predicted octanol–water partition coefficient (Wildman–Crippen LogP) is 5.04. The minimum atomic E-state index is -0.518. The molecule has 0 aliphatic heterocycles. The number of hydrazone groups is 1. The van der Waals surface area contributed by atoms with Crippen molar-refractivity contribution < 1.29 is 0 Å². The van der Waals surface area contributed by atoms with Crippen molar-refractivity contribution in [2.45, 2.75) is 13.8 Å². The largest absolute Gasteiger partial charge is 0.290 e. The fourth-order valence-electron chi connectivity index (χ4n) is 3.32. The van der Waals surface area contributed by atoms with E-state index >= 15 is 0 Å². The lowest BCUT2D eigenvalue weighted by Crippen LogP contribution is -2.16. The third-order valence-electron chi connectivity index (χ3n) is 5.19. The zero-order valence-corrected chi connectivity index (χ0v) is 17.8. The third-order valence-corrected chi connectivity index (χ3v) is 5.19. The Hall–Kier alpha value is -4.50. The first-order valence-electron chi connectivity index (χ1n) is 10.1. The van der Waals surface area contributed by atoms with Gasteiger partial charge >= 0.3 is 0 Å². The van der Waals surface area contributed by atoms with Gasteiger partial charge in [0.25, 0.3) is 5.56 Å².